The topological polar surface area (TPSA) is 82.6 Å². The lowest BCUT2D eigenvalue weighted by atomic mass is 9.92. The summed E-state index contributed by atoms with van der Waals surface area (Å²) in [4.78, 5) is 46.8. The number of hydrogen-bond acceptors (Lipinski definition) is 5. The van der Waals surface area contributed by atoms with Gasteiger partial charge in [0.2, 0.25) is 5.91 Å². The number of fused-ring (bicyclic) bond motifs is 1. The van der Waals surface area contributed by atoms with Crippen LogP contribution >= 0.6 is 0 Å². The SMILES string of the molecule is O=C(NC1CCCCC1)[C@@H]1CCCN(c2cccc3c2C(=O)N(Cc2ccncc2)C3=O)C1. The number of nitrogens with one attached hydrogen (secondary N) is 1. The fraction of sp³-hybridized carbons (Fsp3) is 0.462. The molecule has 2 aromatic rings. The summed E-state index contributed by atoms with van der Waals surface area (Å²) in [6.45, 7) is 1.57. The van der Waals surface area contributed by atoms with Crippen molar-refractivity contribution in [3.8, 4) is 0 Å². The summed E-state index contributed by atoms with van der Waals surface area (Å²) in [6.07, 6.45) is 10.8. The number of amides is 3. The van der Waals surface area contributed by atoms with Crippen molar-refractivity contribution in [1.29, 1.82) is 0 Å². The van der Waals surface area contributed by atoms with Gasteiger partial charge in [0.15, 0.2) is 0 Å². The van der Waals surface area contributed by atoms with E-state index in [1.807, 2.05) is 24.3 Å². The van der Waals surface area contributed by atoms with Crippen LogP contribution in [0.15, 0.2) is 42.7 Å². The van der Waals surface area contributed by atoms with E-state index in [-0.39, 0.29) is 30.2 Å². The van der Waals surface area contributed by atoms with Crippen molar-refractivity contribution in [1.82, 2.24) is 15.2 Å². The van der Waals surface area contributed by atoms with Crippen molar-refractivity contribution in [2.75, 3.05) is 18.0 Å². The highest BCUT2D eigenvalue weighted by Crippen LogP contribution is 2.34. The van der Waals surface area contributed by atoms with E-state index in [0.717, 1.165) is 43.5 Å². The molecule has 7 nitrogen and oxygen atoms in total. The number of carbonyl (C=O) groups is 3. The second-order valence-electron chi connectivity index (χ2n) is 9.38. The average Bonchev–Trinajstić information content (AvgIpc) is 3.10. The van der Waals surface area contributed by atoms with E-state index < -0.39 is 0 Å². The summed E-state index contributed by atoms with van der Waals surface area (Å²) in [6, 6.07) is 9.38. The smallest absolute Gasteiger partial charge is 0.263 e. The lowest BCUT2D eigenvalue weighted by Gasteiger charge is -2.35. The third-order valence-corrected chi connectivity index (χ3v) is 7.15. The zero-order valence-corrected chi connectivity index (χ0v) is 18.8. The van der Waals surface area contributed by atoms with Gasteiger partial charge in [-0.15, -0.1) is 0 Å². The maximum absolute atomic E-state index is 13.3. The third kappa shape index (κ3) is 4.36. The molecular formula is C26H30N4O3. The average molecular weight is 447 g/mol. The summed E-state index contributed by atoms with van der Waals surface area (Å²) in [5.74, 6) is -0.508. The molecule has 0 bridgehead atoms. The first-order valence-corrected chi connectivity index (χ1v) is 12.1. The number of piperidine rings is 1. The molecule has 2 aliphatic heterocycles. The molecule has 0 spiro atoms. The number of benzene rings is 1. The summed E-state index contributed by atoms with van der Waals surface area (Å²) in [5, 5.41) is 3.26. The molecule has 0 radical (unpaired) electrons. The zero-order chi connectivity index (χ0) is 22.8. The Hall–Kier alpha value is -3.22. The first-order valence-electron chi connectivity index (χ1n) is 12.1. The van der Waals surface area contributed by atoms with Crippen molar-refractivity contribution in [3.05, 3.63) is 59.4 Å². The molecule has 1 aromatic heterocycles. The molecule has 0 unspecified atom stereocenters. The van der Waals surface area contributed by atoms with Crippen LogP contribution in [0.2, 0.25) is 0 Å². The molecule has 1 N–H and O–H groups in total. The van der Waals surface area contributed by atoms with Crippen LogP contribution in [0.4, 0.5) is 5.69 Å². The minimum Gasteiger partial charge on any atom is -0.370 e. The van der Waals surface area contributed by atoms with Crippen LogP contribution in [0.25, 0.3) is 0 Å². The number of nitrogens with zero attached hydrogens (tertiary/aromatic N) is 3. The molecule has 7 heteroatoms. The first kappa shape index (κ1) is 21.6. The van der Waals surface area contributed by atoms with Crippen LogP contribution in [0.5, 0.6) is 0 Å². The fourth-order valence-electron chi connectivity index (χ4n) is 5.37. The van der Waals surface area contributed by atoms with Crippen LogP contribution in [0.1, 0.15) is 71.2 Å². The van der Waals surface area contributed by atoms with Gasteiger partial charge in [-0.05, 0) is 55.5 Å². The Bertz CT molecular complexity index is 1050. The van der Waals surface area contributed by atoms with E-state index in [1.54, 1.807) is 18.5 Å². The summed E-state index contributed by atoms with van der Waals surface area (Å²) < 4.78 is 0. The summed E-state index contributed by atoms with van der Waals surface area (Å²) in [5.41, 5.74) is 2.53. The predicted molar refractivity (Wildman–Crippen MR) is 125 cm³/mol. The lowest BCUT2D eigenvalue weighted by molar-refractivity contribution is -0.126. The molecule has 1 saturated heterocycles. The minimum absolute atomic E-state index is 0.100. The van der Waals surface area contributed by atoms with Gasteiger partial charge in [0.25, 0.3) is 11.8 Å². The largest absolute Gasteiger partial charge is 0.370 e. The first-order chi connectivity index (χ1) is 16.1. The highest BCUT2D eigenvalue weighted by atomic mass is 16.2. The molecule has 172 valence electrons. The fourth-order valence-corrected chi connectivity index (χ4v) is 5.37. The predicted octanol–water partition coefficient (Wildman–Crippen LogP) is 3.54. The standard InChI is InChI=1S/C26H30N4O3/c31-24(28-20-7-2-1-3-8-20)19-6-5-15-29(17-19)22-10-4-9-21-23(22)26(33)30(25(21)32)16-18-11-13-27-14-12-18/h4,9-14,19-20H,1-3,5-8,15-17H2,(H,28,31)/t19-/m1/s1. The Labute approximate surface area is 194 Å². The van der Waals surface area contributed by atoms with Crippen molar-refractivity contribution < 1.29 is 14.4 Å². The second-order valence-corrected chi connectivity index (χ2v) is 9.38. The number of hydrogen-bond donors (Lipinski definition) is 1. The van der Waals surface area contributed by atoms with Crippen LogP contribution in [-0.4, -0.2) is 46.7 Å². The van der Waals surface area contributed by atoms with E-state index in [4.69, 9.17) is 0 Å². The van der Waals surface area contributed by atoms with Crippen molar-refractivity contribution in [3.63, 3.8) is 0 Å². The Balaban J connectivity index is 1.33. The second kappa shape index (κ2) is 9.33. The molecule has 3 aliphatic rings. The Morgan fingerprint density at radius 2 is 1.76 bits per heavy atom. The molecule has 3 amide bonds. The highest BCUT2D eigenvalue weighted by molar-refractivity contribution is 6.23. The van der Waals surface area contributed by atoms with E-state index in [9.17, 15) is 14.4 Å². The van der Waals surface area contributed by atoms with Crippen LogP contribution < -0.4 is 10.2 Å². The summed E-state index contributed by atoms with van der Waals surface area (Å²) >= 11 is 0. The molecule has 1 aromatic carbocycles. The Kier molecular flexibility index (Phi) is 6.11. The van der Waals surface area contributed by atoms with Crippen molar-refractivity contribution >= 4 is 23.4 Å². The molecule has 33 heavy (non-hydrogen) atoms. The molecule has 1 saturated carbocycles. The van der Waals surface area contributed by atoms with Gasteiger partial charge in [-0.2, -0.15) is 0 Å². The van der Waals surface area contributed by atoms with E-state index in [0.29, 0.717) is 23.7 Å². The van der Waals surface area contributed by atoms with E-state index in [1.165, 1.54) is 24.2 Å². The van der Waals surface area contributed by atoms with E-state index in [2.05, 4.69) is 15.2 Å². The van der Waals surface area contributed by atoms with Gasteiger partial charge in [0.05, 0.1) is 29.3 Å². The number of anilines is 1. The van der Waals surface area contributed by atoms with Crippen LogP contribution in [0.3, 0.4) is 0 Å². The normalized spacial score (nSPS) is 21.3. The molecular weight excluding hydrogens is 416 g/mol. The molecule has 2 fully saturated rings. The van der Waals surface area contributed by atoms with Crippen molar-refractivity contribution in [2.45, 2.75) is 57.5 Å². The monoisotopic (exact) mass is 446 g/mol. The number of pyridine rings is 1. The molecule has 1 atom stereocenters. The van der Waals surface area contributed by atoms with Gasteiger partial charge in [0.1, 0.15) is 0 Å². The lowest BCUT2D eigenvalue weighted by Crippen LogP contribution is -2.46. The molecule has 5 rings (SSSR count). The Morgan fingerprint density at radius 3 is 2.55 bits per heavy atom. The number of rotatable bonds is 5. The number of aromatic nitrogens is 1. The Morgan fingerprint density at radius 1 is 0.970 bits per heavy atom. The van der Waals surface area contributed by atoms with Crippen molar-refractivity contribution in [2.24, 2.45) is 5.92 Å². The quantitative estimate of drug-likeness (QED) is 0.711. The maximum atomic E-state index is 13.3. The highest BCUT2D eigenvalue weighted by Gasteiger charge is 2.39. The van der Waals surface area contributed by atoms with Crippen LogP contribution in [0, 0.1) is 5.92 Å². The summed E-state index contributed by atoms with van der Waals surface area (Å²) in [7, 11) is 0. The van der Waals surface area contributed by atoms with Gasteiger partial charge in [0, 0.05) is 31.5 Å². The van der Waals surface area contributed by atoms with Gasteiger partial charge in [-0.1, -0.05) is 25.3 Å². The zero-order valence-electron chi connectivity index (χ0n) is 18.8. The molecule has 1 aliphatic carbocycles. The minimum atomic E-state index is -0.267. The number of carbonyl (C=O) groups excluding carboxylic acids is 3. The van der Waals surface area contributed by atoms with E-state index >= 15 is 0 Å². The molecule has 3 heterocycles. The third-order valence-electron chi connectivity index (χ3n) is 7.15. The van der Waals surface area contributed by atoms with Gasteiger partial charge in [-0.3, -0.25) is 24.3 Å². The van der Waals surface area contributed by atoms with Gasteiger partial charge in [-0.25, -0.2) is 0 Å². The van der Waals surface area contributed by atoms with Gasteiger partial charge < -0.3 is 10.2 Å². The van der Waals surface area contributed by atoms with Gasteiger partial charge >= 0.3 is 0 Å². The number of imide groups is 1. The maximum Gasteiger partial charge on any atom is 0.263 e. The van der Waals surface area contributed by atoms with Crippen LogP contribution in [-0.2, 0) is 11.3 Å².